The number of hydrogen-bond acceptors (Lipinski definition) is 5. The van der Waals surface area contributed by atoms with Crippen molar-refractivity contribution in [1.82, 2.24) is 5.32 Å². The minimum Gasteiger partial charge on any atom is -0.619 e. The predicted molar refractivity (Wildman–Crippen MR) is 124 cm³/mol. The molecule has 0 bridgehead atoms. The van der Waals surface area contributed by atoms with E-state index in [1.54, 1.807) is 61.5 Å². The van der Waals surface area contributed by atoms with Crippen LogP contribution in [0.4, 0.5) is 0 Å². The second-order valence-electron chi connectivity index (χ2n) is 7.73. The van der Waals surface area contributed by atoms with Gasteiger partial charge in [0.25, 0.3) is 5.91 Å². The summed E-state index contributed by atoms with van der Waals surface area (Å²) in [6, 6.07) is 17.0. The van der Waals surface area contributed by atoms with Crippen LogP contribution in [0, 0.1) is 16.5 Å². The Morgan fingerprint density at radius 2 is 1.70 bits per heavy atom. The van der Waals surface area contributed by atoms with E-state index in [-0.39, 0.29) is 11.7 Å². The molecule has 3 aromatic rings. The minimum absolute atomic E-state index is 0.0565. The predicted octanol–water partition coefficient (Wildman–Crippen LogP) is 2.42. The normalized spacial score (nSPS) is 12.4. The average molecular weight is 447 g/mol. The first-order valence-corrected chi connectivity index (χ1v) is 10.4. The van der Waals surface area contributed by atoms with Gasteiger partial charge in [-0.05, 0) is 48.2 Å². The van der Waals surface area contributed by atoms with Crippen LogP contribution in [-0.2, 0) is 16.0 Å². The van der Waals surface area contributed by atoms with E-state index in [0.717, 1.165) is 16.7 Å². The molecule has 0 aliphatic rings. The van der Waals surface area contributed by atoms with Crippen LogP contribution in [-0.4, -0.2) is 30.9 Å². The number of rotatable bonds is 8. The topological polar surface area (TPSA) is 132 Å². The Labute approximate surface area is 192 Å². The number of ether oxygens (including phenoxy) is 1. The van der Waals surface area contributed by atoms with Crippen LogP contribution in [0.1, 0.15) is 28.4 Å². The van der Waals surface area contributed by atoms with E-state index in [0.29, 0.717) is 22.3 Å². The Morgan fingerprint density at radius 3 is 2.30 bits per heavy atom. The Balaban J connectivity index is 1.72. The molecule has 33 heavy (non-hydrogen) atoms. The number of carbonyl (C=O) groups excluding carboxylic acids is 2. The van der Waals surface area contributed by atoms with E-state index >= 15 is 0 Å². The molecule has 2 atom stereocenters. The molecule has 1 amide bonds. The van der Waals surface area contributed by atoms with Crippen molar-refractivity contribution in [3.63, 3.8) is 0 Å². The number of nitrogens with one attached hydrogen (secondary N) is 2. The van der Waals surface area contributed by atoms with Gasteiger partial charge in [0.1, 0.15) is 5.84 Å². The molecule has 0 aliphatic carbocycles. The van der Waals surface area contributed by atoms with Gasteiger partial charge in [-0.1, -0.05) is 30.3 Å². The zero-order valence-corrected chi connectivity index (χ0v) is 18.4. The first-order valence-electron chi connectivity index (χ1n) is 10.4. The number of methoxy groups -OCH3 is 1. The highest BCUT2D eigenvalue weighted by atomic mass is 16.5. The number of nitrogens with two attached hydrogens (primary N) is 1. The molecule has 4 N–H and O–H groups in total. The van der Waals surface area contributed by atoms with Gasteiger partial charge in [-0.2, -0.15) is 4.73 Å². The molecule has 0 spiro atoms. The standard InChI is InChI=1S/C25H26N4O4/c1-16(22(25(31)33-2)15-17-4-3-5-21(14-17)23(26)27)28-24(30)20-8-6-18(7-9-20)19-10-12-29(32)13-11-19/h3-14,16,22H,15H2,1-2H3,(H3,26,27)(H,28,30). The minimum atomic E-state index is -0.622. The zero-order chi connectivity index (χ0) is 24.0. The first-order chi connectivity index (χ1) is 15.8. The molecule has 0 aliphatic heterocycles. The summed E-state index contributed by atoms with van der Waals surface area (Å²) in [6.45, 7) is 1.75. The maximum absolute atomic E-state index is 12.8. The van der Waals surface area contributed by atoms with Gasteiger partial charge in [0, 0.05) is 29.3 Å². The molecule has 3 rings (SSSR count). The highest BCUT2D eigenvalue weighted by molar-refractivity contribution is 5.95. The number of benzene rings is 2. The molecule has 2 aromatic carbocycles. The van der Waals surface area contributed by atoms with E-state index in [1.807, 2.05) is 6.07 Å². The number of esters is 1. The van der Waals surface area contributed by atoms with Crippen molar-refractivity contribution in [2.24, 2.45) is 11.7 Å². The van der Waals surface area contributed by atoms with Crippen LogP contribution in [0.3, 0.4) is 0 Å². The maximum atomic E-state index is 12.8. The summed E-state index contributed by atoms with van der Waals surface area (Å²) in [5.74, 6) is -1.43. The average Bonchev–Trinajstić information content (AvgIpc) is 2.82. The Kier molecular flexibility index (Phi) is 7.40. The molecular formula is C25H26N4O4. The summed E-state index contributed by atoms with van der Waals surface area (Å²) in [5.41, 5.74) is 9.12. The second kappa shape index (κ2) is 10.4. The van der Waals surface area contributed by atoms with Crippen molar-refractivity contribution in [3.05, 3.63) is 95.0 Å². The molecule has 8 nitrogen and oxygen atoms in total. The summed E-state index contributed by atoms with van der Waals surface area (Å²) >= 11 is 0. The number of pyridine rings is 1. The molecule has 0 radical (unpaired) electrons. The van der Waals surface area contributed by atoms with Crippen molar-refractivity contribution in [1.29, 1.82) is 5.41 Å². The summed E-state index contributed by atoms with van der Waals surface area (Å²) in [7, 11) is 1.31. The summed E-state index contributed by atoms with van der Waals surface area (Å²) in [4.78, 5) is 25.3. The number of amidine groups is 1. The molecule has 0 fully saturated rings. The lowest BCUT2D eigenvalue weighted by atomic mass is 9.92. The largest absolute Gasteiger partial charge is 0.619 e. The third-order valence-corrected chi connectivity index (χ3v) is 5.44. The second-order valence-corrected chi connectivity index (χ2v) is 7.73. The molecule has 1 aromatic heterocycles. The van der Waals surface area contributed by atoms with E-state index in [4.69, 9.17) is 15.9 Å². The van der Waals surface area contributed by atoms with Gasteiger partial charge in [0.2, 0.25) is 0 Å². The van der Waals surface area contributed by atoms with Gasteiger partial charge < -0.3 is 21.0 Å². The number of amides is 1. The zero-order valence-electron chi connectivity index (χ0n) is 18.4. The fourth-order valence-corrected chi connectivity index (χ4v) is 3.55. The number of nitrogens with zero attached hydrogens (tertiary/aromatic N) is 1. The number of carbonyl (C=O) groups is 2. The molecule has 170 valence electrons. The quantitative estimate of drug-likeness (QED) is 0.161. The van der Waals surface area contributed by atoms with Gasteiger partial charge in [-0.15, -0.1) is 0 Å². The smallest absolute Gasteiger partial charge is 0.311 e. The van der Waals surface area contributed by atoms with Gasteiger partial charge in [0.05, 0.1) is 13.0 Å². The lowest BCUT2D eigenvalue weighted by Gasteiger charge is -2.23. The number of nitrogen functional groups attached to an aromatic ring is 1. The van der Waals surface area contributed by atoms with Gasteiger partial charge in [0.15, 0.2) is 12.4 Å². The van der Waals surface area contributed by atoms with Crippen LogP contribution in [0.25, 0.3) is 11.1 Å². The number of hydrogen-bond donors (Lipinski definition) is 3. The van der Waals surface area contributed by atoms with Crippen molar-refractivity contribution >= 4 is 17.7 Å². The molecule has 0 saturated carbocycles. The van der Waals surface area contributed by atoms with Crippen molar-refractivity contribution in [2.75, 3.05) is 7.11 Å². The van der Waals surface area contributed by atoms with Gasteiger partial charge in [-0.25, -0.2) is 0 Å². The van der Waals surface area contributed by atoms with E-state index in [1.165, 1.54) is 19.5 Å². The third-order valence-electron chi connectivity index (χ3n) is 5.44. The van der Waals surface area contributed by atoms with Crippen LogP contribution < -0.4 is 15.8 Å². The van der Waals surface area contributed by atoms with Crippen molar-refractivity contribution < 1.29 is 19.1 Å². The SMILES string of the molecule is COC(=O)C(Cc1cccc(C(=N)N)c1)C(C)NC(=O)c1ccc(-c2cc[n+]([O-])cc2)cc1. The highest BCUT2D eigenvalue weighted by Crippen LogP contribution is 2.20. The first kappa shape index (κ1) is 23.5. The van der Waals surface area contributed by atoms with Gasteiger partial charge >= 0.3 is 5.97 Å². The van der Waals surface area contributed by atoms with Crippen molar-refractivity contribution in [3.8, 4) is 11.1 Å². The van der Waals surface area contributed by atoms with Crippen molar-refractivity contribution in [2.45, 2.75) is 19.4 Å². The lowest BCUT2D eigenvalue weighted by Crippen LogP contribution is -2.42. The highest BCUT2D eigenvalue weighted by Gasteiger charge is 2.28. The molecular weight excluding hydrogens is 420 g/mol. The molecule has 2 unspecified atom stereocenters. The Hall–Kier alpha value is -4.20. The molecule has 1 heterocycles. The van der Waals surface area contributed by atoms with Crippen LogP contribution in [0.2, 0.25) is 0 Å². The van der Waals surface area contributed by atoms with E-state index in [2.05, 4.69) is 5.32 Å². The lowest BCUT2D eigenvalue weighted by molar-refractivity contribution is -0.605. The summed E-state index contributed by atoms with van der Waals surface area (Å²) in [6.07, 6.45) is 3.15. The van der Waals surface area contributed by atoms with Crippen LogP contribution >= 0.6 is 0 Å². The summed E-state index contributed by atoms with van der Waals surface area (Å²) < 4.78 is 5.67. The monoisotopic (exact) mass is 446 g/mol. The third kappa shape index (κ3) is 5.94. The van der Waals surface area contributed by atoms with E-state index < -0.39 is 17.9 Å². The summed E-state index contributed by atoms with van der Waals surface area (Å²) in [5, 5.41) is 21.7. The molecule has 8 heteroatoms. The number of aromatic nitrogens is 1. The molecule has 0 saturated heterocycles. The fourth-order valence-electron chi connectivity index (χ4n) is 3.55. The Morgan fingerprint density at radius 1 is 1.06 bits per heavy atom. The van der Waals surface area contributed by atoms with Crippen LogP contribution in [0.15, 0.2) is 73.1 Å². The fraction of sp³-hybridized carbons (Fsp3) is 0.200. The Bertz CT molecular complexity index is 1140. The van der Waals surface area contributed by atoms with E-state index in [9.17, 15) is 14.8 Å². The maximum Gasteiger partial charge on any atom is 0.311 e. The van der Waals surface area contributed by atoms with Gasteiger partial charge in [-0.3, -0.25) is 15.0 Å². The van der Waals surface area contributed by atoms with Crippen LogP contribution in [0.5, 0.6) is 0 Å².